The highest BCUT2D eigenvalue weighted by Crippen LogP contribution is 2.17. The number of alkyl halides is 3. The summed E-state index contributed by atoms with van der Waals surface area (Å²) < 4.78 is 35.2. The van der Waals surface area contributed by atoms with E-state index >= 15 is 0 Å². The van der Waals surface area contributed by atoms with E-state index in [0.29, 0.717) is 6.42 Å². The lowest BCUT2D eigenvalue weighted by Gasteiger charge is -2.02. The molecule has 0 radical (unpaired) electrons. The summed E-state index contributed by atoms with van der Waals surface area (Å²) in [5, 5.41) is 2.49. The molecule has 0 rings (SSSR count). The van der Waals surface area contributed by atoms with E-state index in [1.807, 2.05) is 0 Å². The molecule has 0 unspecified atom stereocenters. The van der Waals surface area contributed by atoms with E-state index in [9.17, 15) is 13.2 Å². The first-order valence-corrected chi connectivity index (χ1v) is 2.90. The zero-order valence-corrected chi connectivity index (χ0v) is 5.89. The average molecular weight is 167 g/mol. The molecule has 0 aliphatic heterocycles. The Kier molecular flexibility index (Phi) is 3.56. The van der Waals surface area contributed by atoms with Crippen LogP contribution in [0, 0.1) is 0 Å². The molecule has 2 N–H and O–H groups in total. The van der Waals surface area contributed by atoms with Crippen molar-refractivity contribution in [1.82, 2.24) is 0 Å². The highest BCUT2D eigenvalue weighted by molar-refractivity contribution is 5.93. The first-order valence-electron chi connectivity index (χ1n) is 2.90. The Bertz CT molecular complexity index is 170. The van der Waals surface area contributed by atoms with Gasteiger partial charge in [-0.25, -0.2) is 4.99 Å². The molecule has 0 amide bonds. The lowest BCUT2D eigenvalue weighted by atomic mass is 10.5. The van der Waals surface area contributed by atoms with Crippen molar-refractivity contribution in [3.05, 3.63) is 0 Å². The van der Waals surface area contributed by atoms with E-state index in [1.54, 1.807) is 6.92 Å². The molecule has 0 bridgehead atoms. The Morgan fingerprint density at radius 3 is 2.36 bits per heavy atom. The standard InChI is InChI=1S/C5H8F3N3/c1-2-3-10-4(11-9)5(6,7)8/h3H,2,9H2,1H3/b10-3?,11-4-. The van der Waals surface area contributed by atoms with Gasteiger partial charge in [-0.2, -0.15) is 18.3 Å². The molecule has 0 aliphatic rings. The van der Waals surface area contributed by atoms with Gasteiger partial charge < -0.3 is 5.84 Å². The molecule has 3 nitrogen and oxygen atoms in total. The first kappa shape index (κ1) is 9.93. The molecule has 0 heterocycles. The van der Waals surface area contributed by atoms with Crippen LogP contribution in [0.3, 0.4) is 0 Å². The second-order valence-electron chi connectivity index (χ2n) is 1.67. The van der Waals surface area contributed by atoms with Crippen molar-refractivity contribution >= 4 is 12.1 Å². The second-order valence-corrected chi connectivity index (χ2v) is 1.67. The van der Waals surface area contributed by atoms with Crippen molar-refractivity contribution in [1.29, 1.82) is 0 Å². The lowest BCUT2D eigenvalue weighted by molar-refractivity contribution is -0.0598. The van der Waals surface area contributed by atoms with Gasteiger partial charge in [0.25, 0.3) is 5.84 Å². The van der Waals surface area contributed by atoms with Gasteiger partial charge >= 0.3 is 6.18 Å². The van der Waals surface area contributed by atoms with Crippen molar-refractivity contribution in [2.75, 3.05) is 0 Å². The van der Waals surface area contributed by atoms with Gasteiger partial charge in [-0.1, -0.05) is 6.92 Å². The Labute approximate surface area is 61.8 Å². The average Bonchev–Trinajstić information content (AvgIpc) is 1.87. The Hall–Kier alpha value is -1.07. The molecule has 0 fully saturated rings. The number of nitrogens with two attached hydrogens (primary N) is 1. The van der Waals surface area contributed by atoms with Gasteiger partial charge in [-0.05, 0) is 6.42 Å². The second kappa shape index (κ2) is 3.95. The van der Waals surface area contributed by atoms with E-state index in [0.717, 1.165) is 6.21 Å². The van der Waals surface area contributed by atoms with Crippen LogP contribution in [0.4, 0.5) is 13.2 Å². The van der Waals surface area contributed by atoms with Crippen molar-refractivity contribution in [2.24, 2.45) is 15.9 Å². The molecule has 11 heavy (non-hydrogen) atoms. The molecule has 0 aliphatic carbocycles. The number of halogens is 3. The Morgan fingerprint density at radius 2 is 2.09 bits per heavy atom. The SMILES string of the molecule is CCC=N/C(=N\N)C(F)(F)F. The summed E-state index contributed by atoms with van der Waals surface area (Å²) in [6.45, 7) is 1.66. The minimum atomic E-state index is -4.56. The quantitative estimate of drug-likeness (QED) is 0.272. The van der Waals surface area contributed by atoms with E-state index in [1.165, 1.54) is 0 Å². The third kappa shape index (κ3) is 3.59. The third-order valence-electron chi connectivity index (χ3n) is 0.772. The number of hydrogen-bond donors (Lipinski definition) is 1. The predicted octanol–water partition coefficient (Wildman–Crippen LogP) is 1.30. The van der Waals surface area contributed by atoms with Crippen LogP contribution >= 0.6 is 0 Å². The summed E-state index contributed by atoms with van der Waals surface area (Å²) >= 11 is 0. The molecular weight excluding hydrogens is 159 g/mol. The van der Waals surface area contributed by atoms with E-state index < -0.39 is 12.0 Å². The largest absolute Gasteiger partial charge is 0.453 e. The van der Waals surface area contributed by atoms with Gasteiger partial charge in [0.15, 0.2) is 0 Å². The van der Waals surface area contributed by atoms with Crippen LogP contribution in [-0.2, 0) is 0 Å². The summed E-state index contributed by atoms with van der Waals surface area (Å²) in [6, 6.07) is 0. The van der Waals surface area contributed by atoms with E-state index in [4.69, 9.17) is 0 Å². The van der Waals surface area contributed by atoms with Gasteiger partial charge in [0, 0.05) is 6.21 Å². The van der Waals surface area contributed by atoms with Crippen LogP contribution in [0.25, 0.3) is 0 Å². The van der Waals surface area contributed by atoms with Gasteiger partial charge in [-0.15, -0.1) is 0 Å². The van der Waals surface area contributed by atoms with E-state index in [-0.39, 0.29) is 0 Å². The maximum absolute atomic E-state index is 11.7. The highest BCUT2D eigenvalue weighted by atomic mass is 19.4. The summed E-state index contributed by atoms with van der Waals surface area (Å²) in [7, 11) is 0. The van der Waals surface area contributed by atoms with Gasteiger partial charge in [0.05, 0.1) is 0 Å². The number of aliphatic imine (C=N–C) groups is 1. The maximum atomic E-state index is 11.7. The van der Waals surface area contributed by atoms with Gasteiger partial charge in [-0.3, -0.25) is 0 Å². The molecule has 0 atom stereocenters. The molecule has 0 aromatic heterocycles. The fourth-order valence-corrected chi connectivity index (χ4v) is 0.357. The molecule has 6 heteroatoms. The minimum Gasteiger partial charge on any atom is -0.321 e. The zero-order valence-electron chi connectivity index (χ0n) is 5.89. The van der Waals surface area contributed by atoms with Crippen molar-refractivity contribution in [2.45, 2.75) is 19.5 Å². The monoisotopic (exact) mass is 167 g/mol. The Morgan fingerprint density at radius 1 is 1.55 bits per heavy atom. The molecule has 0 saturated carbocycles. The predicted molar refractivity (Wildman–Crippen MR) is 36.5 cm³/mol. The lowest BCUT2D eigenvalue weighted by Crippen LogP contribution is -2.22. The first-order chi connectivity index (χ1) is 5.02. The number of amidine groups is 1. The summed E-state index contributed by atoms with van der Waals surface area (Å²) in [5.41, 5.74) is 0. The topological polar surface area (TPSA) is 50.7 Å². The smallest absolute Gasteiger partial charge is 0.321 e. The van der Waals surface area contributed by atoms with E-state index in [2.05, 4.69) is 15.9 Å². The zero-order chi connectivity index (χ0) is 8.91. The normalized spacial score (nSPS) is 14.4. The number of hydrogen-bond acceptors (Lipinski definition) is 2. The molecular formula is C5H8F3N3. The number of nitrogens with zero attached hydrogens (tertiary/aromatic N) is 2. The van der Waals surface area contributed by atoms with Crippen LogP contribution in [0.2, 0.25) is 0 Å². The van der Waals surface area contributed by atoms with Crippen molar-refractivity contribution in [3.63, 3.8) is 0 Å². The number of hydrazone groups is 1. The van der Waals surface area contributed by atoms with Crippen LogP contribution in [-0.4, -0.2) is 18.2 Å². The summed E-state index contributed by atoms with van der Waals surface area (Å²) in [6.07, 6.45) is -3.05. The fraction of sp³-hybridized carbons (Fsp3) is 0.600. The van der Waals surface area contributed by atoms with Crippen LogP contribution in [0.5, 0.6) is 0 Å². The number of rotatable bonds is 1. The van der Waals surface area contributed by atoms with Gasteiger partial charge in [0.2, 0.25) is 0 Å². The molecule has 0 aromatic rings. The Balaban J connectivity index is 4.33. The molecule has 0 aromatic carbocycles. The van der Waals surface area contributed by atoms with Crippen LogP contribution < -0.4 is 5.84 Å². The van der Waals surface area contributed by atoms with Crippen LogP contribution in [0.15, 0.2) is 10.1 Å². The van der Waals surface area contributed by atoms with Crippen molar-refractivity contribution < 1.29 is 13.2 Å². The molecule has 64 valence electrons. The summed E-state index contributed by atoms with van der Waals surface area (Å²) in [4.78, 5) is 3.01. The molecule has 0 saturated heterocycles. The third-order valence-corrected chi connectivity index (χ3v) is 0.772. The van der Waals surface area contributed by atoms with Gasteiger partial charge in [0.1, 0.15) is 0 Å². The maximum Gasteiger partial charge on any atom is 0.453 e. The highest BCUT2D eigenvalue weighted by Gasteiger charge is 2.35. The van der Waals surface area contributed by atoms with Crippen LogP contribution in [0.1, 0.15) is 13.3 Å². The summed E-state index contributed by atoms with van der Waals surface area (Å²) in [5.74, 6) is 3.15. The minimum absolute atomic E-state index is 0.412. The van der Waals surface area contributed by atoms with Crippen molar-refractivity contribution in [3.8, 4) is 0 Å². The fourth-order valence-electron chi connectivity index (χ4n) is 0.357. The molecule has 0 spiro atoms.